The fraction of sp³-hybridized carbons (Fsp3) is 0.0714. The smallest absolute Gasteiger partial charge is 0.231 e. The van der Waals surface area contributed by atoms with E-state index in [1.807, 2.05) is 55.5 Å². The molecule has 2 nitrogen and oxygen atoms in total. The van der Waals surface area contributed by atoms with Gasteiger partial charge in [-0.15, -0.1) is 0 Å². The van der Waals surface area contributed by atoms with Crippen LogP contribution in [0.15, 0.2) is 48.5 Å². The molecule has 0 atom stereocenters. The van der Waals surface area contributed by atoms with Gasteiger partial charge in [-0.3, -0.25) is 0 Å². The van der Waals surface area contributed by atoms with Crippen LogP contribution >= 0.6 is 0 Å². The number of aryl methyl sites for hydroxylation is 1. The summed E-state index contributed by atoms with van der Waals surface area (Å²) in [7, 11) is 0. The average molecular weight is 209 g/mol. The standard InChI is InChI=1S/C14H11NO/c1-11-7-6-10-13(14(11)15-2)16-12-8-4-3-5-9-12/h3-10H,1H3. The molecule has 0 saturated heterocycles. The number of nitrogens with zero attached hydrogens (tertiary/aromatic N) is 1. The molecular formula is C14H11NO. The zero-order valence-corrected chi connectivity index (χ0v) is 8.97. The Labute approximate surface area is 94.9 Å². The first kappa shape index (κ1) is 10.3. The second-order valence-corrected chi connectivity index (χ2v) is 3.45. The second-order valence-electron chi connectivity index (χ2n) is 3.45. The van der Waals surface area contributed by atoms with Gasteiger partial charge in [0.1, 0.15) is 11.5 Å². The predicted octanol–water partition coefficient (Wildman–Crippen LogP) is 4.34. The lowest BCUT2D eigenvalue weighted by molar-refractivity contribution is 0.485. The van der Waals surface area contributed by atoms with E-state index < -0.39 is 0 Å². The summed E-state index contributed by atoms with van der Waals surface area (Å²) in [5, 5.41) is 0. The molecule has 0 bridgehead atoms. The summed E-state index contributed by atoms with van der Waals surface area (Å²) < 4.78 is 5.67. The van der Waals surface area contributed by atoms with Crippen molar-refractivity contribution in [2.24, 2.45) is 0 Å². The van der Waals surface area contributed by atoms with E-state index in [9.17, 15) is 0 Å². The maximum Gasteiger partial charge on any atom is 0.231 e. The third-order valence-corrected chi connectivity index (χ3v) is 2.28. The lowest BCUT2D eigenvalue weighted by Crippen LogP contribution is -1.85. The number of ether oxygens (including phenoxy) is 1. The SMILES string of the molecule is [C-]#[N+]c1c(C)cccc1Oc1ccccc1. The monoisotopic (exact) mass is 209 g/mol. The Hall–Kier alpha value is -2.27. The van der Waals surface area contributed by atoms with Crippen molar-refractivity contribution < 1.29 is 4.74 Å². The third-order valence-electron chi connectivity index (χ3n) is 2.28. The summed E-state index contributed by atoms with van der Waals surface area (Å²) in [5.74, 6) is 1.36. The van der Waals surface area contributed by atoms with Crippen molar-refractivity contribution in [3.8, 4) is 11.5 Å². The van der Waals surface area contributed by atoms with Gasteiger partial charge in [0.15, 0.2) is 0 Å². The summed E-state index contributed by atoms with van der Waals surface area (Å²) in [6.07, 6.45) is 0. The van der Waals surface area contributed by atoms with Gasteiger partial charge in [0.05, 0.1) is 6.57 Å². The highest BCUT2D eigenvalue weighted by Crippen LogP contribution is 2.34. The van der Waals surface area contributed by atoms with Crippen LogP contribution in [0.5, 0.6) is 11.5 Å². The van der Waals surface area contributed by atoms with E-state index in [1.165, 1.54) is 0 Å². The van der Waals surface area contributed by atoms with Gasteiger partial charge in [-0.1, -0.05) is 30.3 Å². The molecule has 16 heavy (non-hydrogen) atoms. The van der Waals surface area contributed by atoms with E-state index in [0.717, 1.165) is 11.3 Å². The number of rotatable bonds is 2. The van der Waals surface area contributed by atoms with E-state index in [2.05, 4.69) is 4.85 Å². The number of hydrogen-bond donors (Lipinski definition) is 0. The van der Waals surface area contributed by atoms with Gasteiger partial charge in [-0.2, -0.15) is 0 Å². The summed E-state index contributed by atoms with van der Waals surface area (Å²) in [4.78, 5) is 3.49. The molecule has 0 radical (unpaired) electrons. The van der Waals surface area contributed by atoms with Crippen LogP contribution in [-0.2, 0) is 0 Å². The molecule has 2 aromatic carbocycles. The van der Waals surface area contributed by atoms with Crippen molar-refractivity contribution in [3.05, 3.63) is 65.5 Å². The highest BCUT2D eigenvalue weighted by molar-refractivity contribution is 5.63. The largest absolute Gasteiger partial charge is 0.468 e. The Kier molecular flexibility index (Phi) is 2.88. The number of para-hydroxylation sites is 2. The van der Waals surface area contributed by atoms with Crippen molar-refractivity contribution >= 4 is 5.69 Å². The second kappa shape index (κ2) is 4.50. The van der Waals surface area contributed by atoms with Crippen molar-refractivity contribution in [2.75, 3.05) is 0 Å². The highest BCUT2D eigenvalue weighted by atomic mass is 16.5. The van der Waals surface area contributed by atoms with Crippen molar-refractivity contribution in [1.82, 2.24) is 0 Å². The third kappa shape index (κ3) is 2.04. The Balaban J connectivity index is 2.36. The Morgan fingerprint density at radius 1 is 1.00 bits per heavy atom. The Morgan fingerprint density at radius 2 is 1.75 bits per heavy atom. The van der Waals surface area contributed by atoms with Crippen LogP contribution in [0.1, 0.15) is 5.56 Å². The van der Waals surface area contributed by atoms with E-state index >= 15 is 0 Å². The highest BCUT2D eigenvalue weighted by Gasteiger charge is 2.06. The molecule has 0 fully saturated rings. The molecule has 0 unspecified atom stereocenters. The van der Waals surface area contributed by atoms with Crippen LogP contribution < -0.4 is 4.74 Å². The summed E-state index contributed by atoms with van der Waals surface area (Å²) >= 11 is 0. The normalized spacial score (nSPS) is 9.50. The van der Waals surface area contributed by atoms with Crippen molar-refractivity contribution in [2.45, 2.75) is 6.92 Å². The van der Waals surface area contributed by atoms with Gasteiger partial charge in [0, 0.05) is 0 Å². The van der Waals surface area contributed by atoms with Crippen LogP contribution in [0.25, 0.3) is 4.85 Å². The first-order chi connectivity index (χ1) is 7.81. The molecule has 2 rings (SSSR count). The van der Waals surface area contributed by atoms with Gasteiger partial charge >= 0.3 is 0 Å². The molecule has 0 aromatic heterocycles. The lowest BCUT2D eigenvalue weighted by atomic mass is 10.2. The van der Waals surface area contributed by atoms with Gasteiger partial charge in [0.2, 0.25) is 5.69 Å². The van der Waals surface area contributed by atoms with E-state index in [1.54, 1.807) is 0 Å². The molecule has 0 spiro atoms. The molecular weight excluding hydrogens is 198 g/mol. The van der Waals surface area contributed by atoms with Gasteiger partial charge in [-0.25, -0.2) is 4.85 Å². The molecule has 2 aromatic rings. The molecule has 0 aliphatic carbocycles. The number of benzene rings is 2. The molecule has 2 heteroatoms. The minimum atomic E-state index is 0.575. The first-order valence-corrected chi connectivity index (χ1v) is 5.01. The van der Waals surface area contributed by atoms with Crippen molar-refractivity contribution in [1.29, 1.82) is 0 Å². The zero-order valence-electron chi connectivity index (χ0n) is 8.97. The van der Waals surface area contributed by atoms with E-state index in [0.29, 0.717) is 11.4 Å². The molecule has 0 saturated carbocycles. The fourth-order valence-electron chi connectivity index (χ4n) is 1.47. The zero-order chi connectivity index (χ0) is 11.4. The van der Waals surface area contributed by atoms with Crippen LogP contribution in [-0.4, -0.2) is 0 Å². The number of hydrogen-bond acceptors (Lipinski definition) is 1. The van der Waals surface area contributed by atoms with Gasteiger partial charge < -0.3 is 4.74 Å². The molecule has 0 N–H and O–H groups in total. The van der Waals surface area contributed by atoms with E-state index in [4.69, 9.17) is 11.3 Å². The Morgan fingerprint density at radius 3 is 2.44 bits per heavy atom. The maximum atomic E-state index is 7.14. The maximum absolute atomic E-state index is 7.14. The molecule has 78 valence electrons. The van der Waals surface area contributed by atoms with Crippen LogP contribution in [0.3, 0.4) is 0 Å². The minimum Gasteiger partial charge on any atom is -0.468 e. The summed E-state index contributed by atoms with van der Waals surface area (Å²) in [6, 6.07) is 15.1. The minimum absolute atomic E-state index is 0.575. The van der Waals surface area contributed by atoms with Crippen LogP contribution in [0.2, 0.25) is 0 Å². The van der Waals surface area contributed by atoms with E-state index in [-0.39, 0.29) is 0 Å². The summed E-state index contributed by atoms with van der Waals surface area (Å²) in [5.41, 5.74) is 1.51. The predicted molar refractivity (Wildman–Crippen MR) is 64.0 cm³/mol. The molecule has 0 aliphatic heterocycles. The topological polar surface area (TPSA) is 13.6 Å². The summed E-state index contributed by atoms with van der Waals surface area (Å²) in [6.45, 7) is 9.04. The van der Waals surface area contributed by atoms with Crippen molar-refractivity contribution in [3.63, 3.8) is 0 Å². The van der Waals surface area contributed by atoms with Crippen LogP contribution in [0.4, 0.5) is 5.69 Å². The molecule has 0 heterocycles. The lowest BCUT2D eigenvalue weighted by Gasteiger charge is -2.08. The van der Waals surface area contributed by atoms with Crippen LogP contribution in [0, 0.1) is 13.5 Å². The first-order valence-electron chi connectivity index (χ1n) is 5.01. The van der Waals surface area contributed by atoms with Gasteiger partial charge in [0.25, 0.3) is 0 Å². The van der Waals surface area contributed by atoms with Gasteiger partial charge in [-0.05, 0) is 30.7 Å². The molecule has 0 amide bonds. The average Bonchev–Trinajstić information content (AvgIpc) is 2.31. The fourth-order valence-corrected chi connectivity index (χ4v) is 1.47. The Bertz CT molecular complexity index is 526. The molecule has 0 aliphatic rings. The quantitative estimate of drug-likeness (QED) is 0.671.